The topological polar surface area (TPSA) is 108 Å². The molecule has 2 aromatic heterocycles. The van der Waals surface area contributed by atoms with Crippen molar-refractivity contribution in [3.05, 3.63) is 77.1 Å². The summed E-state index contributed by atoms with van der Waals surface area (Å²) in [5.74, 6) is 2.16. The van der Waals surface area contributed by atoms with Gasteiger partial charge in [-0.05, 0) is 80.4 Å². The molecule has 5 rings (SSSR count). The lowest BCUT2D eigenvalue weighted by Crippen LogP contribution is -2.13. The van der Waals surface area contributed by atoms with Gasteiger partial charge < -0.3 is 9.47 Å². The van der Waals surface area contributed by atoms with E-state index in [4.69, 9.17) is 9.47 Å². The first-order valence-corrected chi connectivity index (χ1v) is 12.2. The van der Waals surface area contributed by atoms with Gasteiger partial charge in [-0.1, -0.05) is 0 Å². The minimum Gasteiger partial charge on any atom is -0.493 e. The Morgan fingerprint density at radius 1 is 1.00 bits per heavy atom. The molecule has 0 radical (unpaired) electrons. The SMILES string of the molecule is Cc1nn(-c2ccc(Oc3ccc(NS(=O)(=O)c4ccc5c(c4)CCO5)cc3)nn2)c(C)c1C. The van der Waals surface area contributed by atoms with Crippen LogP contribution in [0.4, 0.5) is 5.69 Å². The summed E-state index contributed by atoms with van der Waals surface area (Å²) < 4.78 is 41.1. The lowest BCUT2D eigenvalue weighted by molar-refractivity contribution is 0.356. The molecule has 1 aliphatic rings. The Bertz CT molecular complexity index is 1460. The summed E-state index contributed by atoms with van der Waals surface area (Å²) in [5.41, 5.74) is 4.38. The van der Waals surface area contributed by atoms with Crippen molar-refractivity contribution in [3.8, 4) is 23.2 Å². The maximum Gasteiger partial charge on any atom is 0.261 e. The van der Waals surface area contributed by atoms with Gasteiger partial charge in [0.05, 0.1) is 17.2 Å². The van der Waals surface area contributed by atoms with E-state index in [1.54, 1.807) is 59.3 Å². The molecule has 0 fully saturated rings. The molecule has 0 saturated heterocycles. The van der Waals surface area contributed by atoms with Gasteiger partial charge in [0.1, 0.15) is 11.5 Å². The zero-order valence-corrected chi connectivity index (χ0v) is 19.8. The van der Waals surface area contributed by atoms with E-state index >= 15 is 0 Å². The third-order valence-corrected chi connectivity index (χ3v) is 7.18. The van der Waals surface area contributed by atoms with Crippen molar-refractivity contribution in [1.82, 2.24) is 20.0 Å². The minimum absolute atomic E-state index is 0.199. The van der Waals surface area contributed by atoms with Gasteiger partial charge in [0.15, 0.2) is 5.82 Å². The smallest absolute Gasteiger partial charge is 0.261 e. The van der Waals surface area contributed by atoms with Gasteiger partial charge in [0, 0.05) is 23.9 Å². The van der Waals surface area contributed by atoms with Crippen molar-refractivity contribution >= 4 is 15.7 Å². The maximum absolute atomic E-state index is 12.8. The van der Waals surface area contributed by atoms with Crippen molar-refractivity contribution in [2.45, 2.75) is 32.1 Å². The molecule has 1 aliphatic heterocycles. The summed E-state index contributed by atoms with van der Waals surface area (Å²) in [7, 11) is -3.72. The van der Waals surface area contributed by atoms with Crippen LogP contribution in [0.25, 0.3) is 5.82 Å². The third-order valence-electron chi connectivity index (χ3n) is 5.80. The molecule has 10 heteroatoms. The Kier molecular flexibility index (Phi) is 5.45. The Morgan fingerprint density at radius 2 is 1.79 bits per heavy atom. The van der Waals surface area contributed by atoms with Gasteiger partial charge in [-0.3, -0.25) is 4.72 Å². The molecule has 0 aliphatic carbocycles. The van der Waals surface area contributed by atoms with E-state index in [1.165, 1.54) is 0 Å². The second kappa shape index (κ2) is 8.45. The summed E-state index contributed by atoms with van der Waals surface area (Å²) in [5, 5.41) is 12.8. The highest BCUT2D eigenvalue weighted by molar-refractivity contribution is 7.92. The minimum atomic E-state index is -3.72. The fourth-order valence-electron chi connectivity index (χ4n) is 3.68. The fraction of sp³-hybridized carbons (Fsp3) is 0.208. The summed E-state index contributed by atoms with van der Waals surface area (Å²) >= 11 is 0. The maximum atomic E-state index is 12.8. The van der Waals surface area contributed by atoms with Crippen molar-refractivity contribution in [1.29, 1.82) is 0 Å². The van der Waals surface area contributed by atoms with Crippen molar-refractivity contribution in [3.63, 3.8) is 0 Å². The van der Waals surface area contributed by atoms with Gasteiger partial charge in [0.25, 0.3) is 10.0 Å². The first kappa shape index (κ1) is 21.9. The predicted octanol–water partition coefficient (Wildman–Crippen LogP) is 4.12. The number of hydrogen-bond acceptors (Lipinski definition) is 7. The lowest BCUT2D eigenvalue weighted by Gasteiger charge is -2.10. The van der Waals surface area contributed by atoms with E-state index in [9.17, 15) is 8.42 Å². The third kappa shape index (κ3) is 4.19. The summed E-state index contributed by atoms with van der Waals surface area (Å²) in [6.07, 6.45) is 0.704. The highest BCUT2D eigenvalue weighted by Gasteiger charge is 2.19. The highest BCUT2D eigenvalue weighted by Crippen LogP contribution is 2.29. The number of anilines is 1. The van der Waals surface area contributed by atoms with Gasteiger partial charge in [-0.25, -0.2) is 13.1 Å². The zero-order chi connectivity index (χ0) is 23.9. The molecule has 1 N–H and O–H groups in total. The first-order valence-electron chi connectivity index (χ1n) is 10.7. The van der Waals surface area contributed by atoms with E-state index < -0.39 is 10.0 Å². The Balaban J connectivity index is 1.27. The average Bonchev–Trinajstić information content (AvgIpc) is 3.40. The number of ether oxygens (including phenoxy) is 2. The van der Waals surface area contributed by atoms with Crippen LogP contribution in [0.1, 0.15) is 22.5 Å². The Morgan fingerprint density at radius 3 is 2.47 bits per heavy atom. The van der Waals surface area contributed by atoms with Gasteiger partial charge in [-0.2, -0.15) is 5.10 Å². The Hall–Kier alpha value is -3.92. The van der Waals surface area contributed by atoms with Crippen molar-refractivity contribution in [2.24, 2.45) is 0 Å². The van der Waals surface area contributed by atoms with Gasteiger partial charge >= 0.3 is 0 Å². The van der Waals surface area contributed by atoms with E-state index in [2.05, 4.69) is 20.0 Å². The lowest BCUT2D eigenvalue weighted by atomic mass is 10.2. The van der Waals surface area contributed by atoms with Crippen LogP contribution in [0, 0.1) is 20.8 Å². The van der Waals surface area contributed by atoms with Gasteiger partial charge in [0.2, 0.25) is 5.88 Å². The molecule has 0 bridgehead atoms. The molecule has 3 heterocycles. The van der Waals surface area contributed by atoms with Crippen LogP contribution in [0.15, 0.2) is 59.5 Å². The number of rotatable bonds is 6. The van der Waals surface area contributed by atoms with E-state index in [-0.39, 0.29) is 4.90 Å². The summed E-state index contributed by atoms with van der Waals surface area (Å²) in [4.78, 5) is 0.199. The molecule has 9 nitrogen and oxygen atoms in total. The van der Waals surface area contributed by atoms with Crippen LogP contribution >= 0.6 is 0 Å². The molecule has 0 saturated carbocycles. The predicted molar refractivity (Wildman–Crippen MR) is 126 cm³/mol. The van der Waals surface area contributed by atoms with Crippen LogP contribution in [0.2, 0.25) is 0 Å². The molecule has 0 unspecified atom stereocenters. The number of hydrogen-bond donors (Lipinski definition) is 1. The van der Waals surface area contributed by atoms with E-state index in [1.807, 2.05) is 20.8 Å². The second-order valence-electron chi connectivity index (χ2n) is 8.04. The molecule has 0 spiro atoms. The monoisotopic (exact) mass is 477 g/mol. The molecule has 4 aromatic rings. The van der Waals surface area contributed by atoms with Crippen LogP contribution in [0.5, 0.6) is 17.4 Å². The summed E-state index contributed by atoms with van der Waals surface area (Å²) in [6.45, 7) is 6.52. The number of fused-ring (bicyclic) bond motifs is 1. The van der Waals surface area contributed by atoms with Crippen molar-refractivity contribution in [2.75, 3.05) is 11.3 Å². The number of nitrogens with one attached hydrogen (secondary N) is 1. The molecular formula is C24H23N5O4S. The number of benzene rings is 2. The molecule has 174 valence electrons. The molecule has 0 amide bonds. The Labute approximate surface area is 197 Å². The van der Waals surface area contributed by atoms with Crippen LogP contribution in [0.3, 0.4) is 0 Å². The number of sulfonamides is 1. The van der Waals surface area contributed by atoms with Crippen LogP contribution in [-0.4, -0.2) is 35.0 Å². The summed E-state index contributed by atoms with van der Waals surface area (Å²) in [6, 6.07) is 15.0. The van der Waals surface area contributed by atoms with Crippen LogP contribution < -0.4 is 14.2 Å². The van der Waals surface area contributed by atoms with E-state index in [0.29, 0.717) is 36.2 Å². The largest absolute Gasteiger partial charge is 0.493 e. The highest BCUT2D eigenvalue weighted by atomic mass is 32.2. The molecular weight excluding hydrogens is 454 g/mol. The quantitative estimate of drug-likeness (QED) is 0.445. The molecule has 0 atom stereocenters. The van der Waals surface area contributed by atoms with Crippen molar-refractivity contribution < 1.29 is 17.9 Å². The normalized spacial score (nSPS) is 12.8. The molecule has 34 heavy (non-hydrogen) atoms. The number of nitrogens with zero attached hydrogens (tertiary/aromatic N) is 4. The zero-order valence-electron chi connectivity index (χ0n) is 18.9. The molecule has 2 aromatic carbocycles. The standard InChI is InChI=1S/C24H23N5O4S/c1-15-16(2)27-29(17(15)3)23-10-11-24(26-25-23)33-20-6-4-19(5-7-20)28-34(30,31)21-8-9-22-18(14-21)12-13-32-22/h4-11,14,28H,12-13H2,1-3H3. The van der Waals surface area contributed by atoms with Gasteiger partial charge in [-0.15, -0.1) is 10.2 Å². The number of aryl methyl sites for hydroxylation is 1. The first-order chi connectivity index (χ1) is 16.3. The average molecular weight is 478 g/mol. The van der Waals surface area contributed by atoms with Crippen LogP contribution in [-0.2, 0) is 16.4 Å². The van der Waals surface area contributed by atoms with E-state index in [0.717, 1.165) is 28.3 Å². The second-order valence-corrected chi connectivity index (χ2v) is 9.72. The fourth-order valence-corrected chi connectivity index (χ4v) is 4.79. The number of aromatic nitrogens is 4.